The van der Waals surface area contributed by atoms with E-state index in [9.17, 15) is 19.5 Å². The molecule has 67 heavy (non-hydrogen) atoms. The second-order valence-electron chi connectivity index (χ2n) is 18.8. The first-order valence-corrected chi connectivity index (χ1v) is 26.7. The molecular weight excluding hydrogens is 839 g/mol. The summed E-state index contributed by atoms with van der Waals surface area (Å²) in [7, 11) is 5.91. The predicted molar refractivity (Wildman–Crippen MR) is 278 cm³/mol. The van der Waals surface area contributed by atoms with Gasteiger partial charge in [0.1, 0.15) is 13.2 Å². The third-order valence-electron chi connectivity index (χ3n) is 11.2. The van der Waals surface area contributed by atoms with E-state index in [1.807, 2.05) is 21.1 Å². The van der Waals surface area contributed by atoms with Crippen LogP contribution in [0, 0.1) is 0 Å². The lowest BCUT2D eigenvalue weighted by atomic mass is 10.0. The number of likely N-dealkylation sites (N-methyl/N-ethyl adjacent to an activating group) is 1. The molecule has 0 aromatic heterocycles. The molecule has 0 radical (unpaired) electrons. The van der Waals surface area contributed by atoms with Gasteiger partial charge in [-0.1, -0.05) is 208 Å². The molecule has 0 aliphatic heterocycles. The molecule has 0 fully saturated rings. The van der Waals surface area contributed by atoms with Crippen LogP contribution < -0.4 is 5.11 Å². The number of allylic oxidation sites excluding steroid dienone is 14. The molecular formula is C58H99NO8. The third kappa shape index (κ3) is 50.2. The van der Waals surface area contributed by atoms with Crippen molar-refractivity contribution in [2.24, 2.45) is 0 Å². The normalized spacial score (nSPS) is 13.5. The maximum Gasteiger partial charge on any atom is 0.306 e. The van der Waals surface area contributed by atoms with Crippen LogP contribution >= 0.6 is 0 Å². The van der Waals surface area contributed by atoms with E-state index in [1.165, 1.54) is 83.5 Å². The molecule has 0 spiro atoms. The number of carbonyl (C=O) groups excluding carboxylic acids is 3. The summed E-state index contributed by atoms with van der Waals surface area (Å²) in [6.45, 7) is 4.59. The van der Waals surface area contributed by atoms with E-state index < -0.39 is 24.3 Å². The van der Waals surface area contributed by atoms with Crippen LogP contribution in [0.5, 0.6) is 0 Å². The standard InChI is InChI=1S/C58H99NO8/c1-6-8-10-12-14-16-17-18-19-20-21-22-23-24-25-26-27-28-29-30-31-32-33-34-35-36-37-38-39-41-43-45-47-49-56(61)67-54(53-66-58(57(62)63)64-51-50-59(3,4)5)52-65-55(60)48-46-44-42-40-15-13-11-9-7-2/h8,10,14,16,18-19,21-22,24-25,27-28,30-31,54,58H,6-7,9,11-13,15,17,20,23,26,29,32-53H2,1-5H3/b10-8-,16-14-,19-18-,22-21-,25-24-,28-27-,31-30-. The van der Waals surface area contributed by atoms with Gasteiger partial charge in [-0.3, -0.25) is 9.59 Å². The summed E-state index contributed by atoms with van der Waals surface area (Å²) in [5.41, 5.74) is 0. The number of carboxylic acids is 1. The smallest absolute Gasteiger partial charge is 0.306 e. The highest BCUT2D eigenvalue weighted by Crippen LogP contribution is 2.15. The molecule has 0 saturated carbocycles. The van der Waals surface area contributed by atoms with Crippen LogP contribution in [-0.2, 0) is 33.3 Å². The zero-order chi connectivity index (χ0) is 49.2. The molecule has 0 aliphatic carbocycles. The van der Waals surface area contributed by atoms with Gasteiger partial charge in [-0.05, 0) is 70.6 Å². The fourth-order valence-corrected chi connectivity index (χ4v) is 7.04. The minimum atomic E-state index is -1.62. The fourth-order valence-electron chi connectivity index (χ4n) is 7.04. The molecule has 0 aromatic carbocycles. The lowest BCUT2D eigenvalue weighted by Crippen LogP contribution is -2.44. The monoisotopic (exact) mass is 938 g/mol. The highest BCUT2D eigenvalue weighted by Gasteiger charge is 2.22. The van der Waals surface area contributed by atoms with E-state index >= 15 is 0 Å². The number of carboxylic acid groups (broad SMARTS) is 1. The van der Waals surface area contributed by atoms with Crippen molar-refractivity contribution in [2.45, 2.75) is 219 Å². The molecule has 9 heteroatoms. The molecule has 0 aromatic rings. The highest BCUT2D eigenvalue weighted by molar-refractivity contribution is 5.70. The SMILES string of the molecule is CC/C=C\C/C=C\C/C=C\C/C=C\C/C=C\C/C=C\C/C=C\CCCCCCCCCCCCCC(=O)OC(COC(=O)CCCCCCCCCCC)COC(OCC[N+](C)(C)C)C(=O)[O-]. The first-order valence-electron chi connectivity index (χ1n) is 26.7. The van der Waals surface area contributed by atoms with Crippen molar-refractivity contribution in [3.05, 3.63) is 85.1 Å². The third-order valence-corrected chi connectivity index (χ3v) is 11.2. The van der Waals surface area contributed by atoms with Gasteiger partial charge in [-0.25, -0.2) is 0 Å². The lowest BCUT2D eigenvalue weighted by Gasteiger charge is -2.26. The van der Waals surface area contributed by atoms with Crippen molar-refractivity contribution in [1.29, 1.82) is 0 Å². The van der Waals surface area contributed by atoms with Crippen LogP contribution in [0.15, 0.2) is 85.1 Å². The van der Waals surface area contributed by atoms with Crippen LogP contribution in [0.1, 0.15) is 206 Å². The van der Waals surface area contributed by atoms with E-state index in [0.717, 1.165) is 89.9 Å². The average Bonchev–Trinajstić information content (AvgIpc) is 3.29. The quantitative estimate of drug-likeness (QED) is 0.0195. The van der Waals surface area contributed by atoms with Crippen molar-refractivity contribution in [2.75, 3.05) is 47.5 Å². The number of hydrogen-bond acceptors (Lipinski definition) is 8. The van der Waals surface area contributed by atoms with Crippen LogP contribution in [0.3, 0.4) is 0 Å². The first-order chi connectivity index (χ1) is 32.6. The van der Waals surface area contributed by atoms with Crippen LogP contribution in [-0.4, -0.2) is 82.3 Å². The molecule has 9 nitrogen and oxygen atoms in total. The Hall–Kier alpha value is -3.53. The van der Waals surface area contributed by atoms with E-state index in [0.29, 0.717) is 23.9 Å². The largest absolute Gasteiger partial charge is 0.545 e. The number of esters is 2. The summed E-state index contributed by atoms with van der Waals surface area (Å²) in [6.07, 6.45) is 60.7. The Labute approximate surface area is 410 Å². The summed E-state index contributed by atoms with van der Waals surface area (Å²) in [5, 5.41) is 11.7. The Kier molecular flexibility index (Phi) is 46.3. The number of quaternary nitrogens is 1. The van der Waals surface area contributed by atoms with Crippen LogP contribution in [0.25, 0.3) is 0 Å². The second-order valence-corrected chi connectivity index (χ2v) is 18.8. The lowest BCUT2D eigenvalue weighted by molar-refractivity contribution is -0.870. The molecule has 0 bridgehead atoms. The second kappa shape index (κ2) is 48.9. The Morgan fingerprint density at radius 3 is 1.27 bits per heavy atom. The number of rotatable bonds is 48. The number of unbranched alkanes of at least 4 members (excludes halogenated alkanes) is 19. The van der Waals surface area contributed by atoms with Gasteiger partial charge < -0.3 is 33.3 Å². The van der Waals surface area contributed by atoms with Gasteiger partial charge in [-0.15, -0.1) is 0 Å². The maximum atomic E-state index is 12.8. The van der Waals surface area contributed by atoms with Gasteiger partial charge in [-0.2, -0.15) is 0 Å². The van der Waals surface area contributed by atoms with Crippen molar-refractivity contribution in [3.8, 4) is 0 Å². The molecule has 2 unspecified atom stereocenters. The van der Waals surface area contributed by atoms with Gasteiger partial charge in [0.05, 0.1) is 40.3 Å². The number of nitrogens with zero attached hydrogens (tertiary/aromatic N) is 1. The average molecular weight is 938 g/mol. The zero-order valence-corrected chi connectivity index (χ0v) is 43.5. The number of hydrogen-bond donors (Lipinski definition) is 0. The Balaban J connectivity index is 4.13. The summed E-state index contributed by atoms with van der Waals surface area (Å²) in [5.74, 6) is -2.29. The molecule has 0 N–H and O–H groups in total. The summed E-state index contributed by atoms with van der Waals surface area (Å²) in [4.78, 5) is 37.0. The molecule has 0 amide bonds. The van der Waals surface area contributed by atoms with E-state index in [-0.39, 0.29) is 32.2 Å². The van der Waals surface area contributed by atoms with Gasteiger partial charge in [0.15, 0.2) is 12.4 Å². The van der Waals surface area contributed by atoms with Crippen molar-refractivity contribution in [3.63, 3.8) is 0 Å². The van der Waals surface area contributed by atoms with E-state index in [4.69, 9.17) is 18.9 Å². The van der Waals surface area contributed by atoms with Gasteiger partial charge >= 0.3 is 11.9 Å². The van der Waals surface area contributed by atoms with E-state index in [2.05, 4.69) is 98.9 Å². The molecule has 0 rings (SSSR count). The first kappa shape index (κ1) is 63.5. The Morgan fingerprint density at radius 1 is 0.463 bits per heavy atom. The van der Waals surface area contributed by atoms with Gasteiger partial charge in [0.2, 0.25) is 0 Å². The molecule has 0 aliphatic rings. The molecule has 0 heterocycles. The highest BCUT2D eigenvalue weighted by atomic mass is 16.7. The Morgan fingerprint density at radius 2 is 0.851 bits per heavy atom. The number of carbonyl (C=O) groups is 3. The number of ether oxygens (including phenoxy) is 4. The van der Waals surface area contributed by atoms with E-state index in [1.54, 1.807) is 0 Å². The van der Waals surface area contributed by atoms with Crippen molar-refractivity contribution >= 4 is 17.9 Å². The summed E-state index contributed by atoms with van der Waals surface area (Å²) >= 11 is 0. The Bertz CT molecular complexity index is 1370. The fraction of sp³-hybridized carbons (Fsp3) is 0.707. The van der Waals surface area contributed by atoms with Gasteiger partial charge in [0.25, 0.3) is 0 Å². The molecule has 0 saturated heterocycles. The zero-order valence-electron chi connectivity index (χ0n) is 43.5. The maximum absolute atomic E-state index is 12.8. The van der Waals surface area contributed by atoms with Crippen LogP contribution in [0.4, 0.5) is 0 Å². The summed E-state index contributed by atoms with van der Waals surface area (Å²) in [6, 6.07) is 0. The van der Waals surface area contributed by atoms with Gasteiger partial charge in [0, 0.05) is 12.8 Å². The topological polar surface area (TPSA) is 111 Å². The summed E-state index contributed by atoms with van der Waals surface area (Å²) < 4.78 is 22.6. The molecule has 384 valence electrons. The minimum Gasteiger partial charge on any atom is -0.545 e. The van der Waals surface area contributed by atoms with Crippen molar-refractivity contribution < 1.29 is 42.9 Å². The molecule has 2 atom stereocenters. The van der Waals surface area contributed by atoms with Crippen molar-refractivity contribution in [1.82, 2.24) is 0 Å². The van der Waals surface area contributed by atoms with Crippen LogP contribution in [0.2, 0.25) is 0 Å². The number of aliphatic carboxylic acids is 1. The predicted octanol–water partition coefficient (Wildman–Crippen LogP) is 13.9. The minimum absolute atomic E-state index is 0.145.